The summed E-state index contributed by atoms with van der Waals surface area (Å²) in [5.74, 6) is 1.74. The first-order chi connectivity index (χ1) is 6.63. The monoisotopic (exact) mass is 192 g/mol. The summed E-state index contributed by atoms with van der Waals surface area (Å²) in [7, 11) is 0. The molecule has 0 heterocycles. The van der Waals surface area contributed by atoms with Crippen LogP contribution in [0.3, 0.4) is 0 Å². The molecule has 1 nitrogen and oxygen atoms in total. The van der Waals surface area contributed by atoms with Gasteiger partial charge in [-0.2, -0.15) is 0 Å². The Kier molecular flexibility index (Phi) is 2.50. The SMILES string of the molecule is CC1C=CC(C2(C)CCCC2=O)CC1. The lowest BCUT2D eigenvalue weighted by Gasteiger charge is -2.33. The third-order valence-corrected chi connectivity index (χ3v) is 4.16. The molecule has 0 spiro atoms. The van der Waals surface area contributed by atoms with Crippen molar-refractivity contribution in [2.45, 2.75) is 46.0 Å². The van der Waals surface area contributed by atoms with Gasteiger partial charge in [-0.15, -0.1) is 0 Å². The van der Waals surface area contributed by atoms with E-state index in [4.69, 9.17) is 0 Å². The van der Waals surface area contributed by atoms with Crippen LogP contribution in [0.25, 0.3) is 0 Å². The van der Waals surface area contributed by atoms with Crippen LogP contribution in [0.2, 0.25) is 0 Å². The van der Waals surface area contributed by atoms with E-state index in [0.717, 1.165) is 19.3 Å². The van der Waals surface area contributed by atoms with Crippen molar-refractivity contribution < 1.29 is 4.79 Å². The minimum atomic E-state index is -0.0172. The van der Waals surface area contributed by atoms with E-state index in [1.807, 2.05) is 0 Å². The summed E-state index contributed by atoms with van der Waals surface area (Å²) in [5, 5.41) is 0. The molecule has 0 aromatic carbocycles. The maximum atomic E-state index is 11.8. The Hall–Kier alpha value is -0.590. The van der Waals surface area contributed by atoms with Gasteiger partial charge in [0.1, 0.15) is 5.78 Å². The van der Waals surface area contributed by atoms with Crippen LogP contribution in [0.5, 0.6) is 0 Å². The summed E-state index contributed by atoms with van der Waals surface area (Å²) in [6, 6.07) is 0. The lowest BCUT2D eigenvalue weighted by molar-refractivity contribution is -0.127. The van der Waals surface area contributed by atoms with Crippen molar-refractivity contribution in [3.05, 3.63) is 12.2 Å². The van der Waals surface area contributed by atoms with Gasteiger partial charge in [0.15, 0.2) is 0 Å². The molecule has 1 fully saturated rings. The first kappa shape index (κ1) is 9.95. The van der Waals surface area contributed by atoms with Crippen molar-refractivity contribution in [3.8, 4) is 0 Å². The van der Waals surface area contributed by atoms with Crippen LogP contribution in [0.1, 0.15) is 46.0 Å². The summed E-state index contributed by atoms with van der Waals surface area (Å²) in [4.78, 5) is 11.8. The van der Waals surface area contributed by atoms with Gasteiger partial charge in [-0.1, -0.05) is 26.0 Å². The molecule has 0 aliphatic heterocycles. The number of hydrogen-bond donors (Lipinski definition) is 0. The summed E-state index contributed by atoms with van der Waals surface area (Å²) in [6.07, 6.45) is 10.1. The van der Waals surface area contributed by atoms with E-state index < -0.39 is 0 Å². The third kappa shape index (κ3) is 1.53. The highest BCUT2D eigenvalue weighted by Crippen LogP contribution is 2.45. The van der Waals surface area contributed by atoms with E-state index in [9.17, 15) is 4.79 Å². The summed E-state index contributed by atoms with van der Waals surface area (Å²) < 4.78 is 0. The Labute approximate surface area is 86.6 Å². The van der Waals surface area contributed by atoms with Gasteiger partial charge in [-0.3, -0.25) is 4.79 Å². The van der Waals surface area contributed by atoms with Gasteiger partial charge < -0.3 is 0 Å². The minimum absolute atomic E-state index is 0.0172. The lowest BCUT2D eigenvalue weighted by atomic mass is 9.70. The Morgan fingerprint density at radius 3 is 2.64 bits per heavy atom. The summed E-state index contributed by atoms with van der Waals surface area (Å²) >= 11 is 0. The first-order valence-corrected chi connectivity index (χ1v) is 5.84. The normalized spacial score (nSPS) is 43.1. The van der Waals surface area contributed by atoms with Gasteiger partial charge in [-0.25, -0.2) is 0 Å². The highest BCUT2D eigenvalue weighted by atomic mass is 16.1. The Morgan fingerprint density at radius 2 is 2.14 bits per heavy atom. The second-order valence-electron chi connectivity index (χ2n) is 5.24. The van der Waals surface area contributed by atoms with Crippen molar-refractivity contribution in [1.29, 1.82) is 0 Å². The van der Waals surface area contributed by atoms with Crippen LogP contribution < -0.4 is 0 Å². The number of Topliss-reactive ketones (excluding diaryl/α,β-unsaturated/α-hetero) is 1. The second kappa shape index (κ2) is 3.52. The van der Waals surface area contributed by atoms with Gasteiger partial charge in [0.05, 0.1) is 0 Å². The zero-order chi connectivity index (χ0) is 10.2. The molecule has 1 heteroatoms. The predicted octanol–water partition coefficient (Wildman–Crippen LogP) is 3.35. The van der Waals surface area contributed by atoms with E-state index in [1.54, 1.807) is 0 Å². The molecular weight excluding hydrogens is 172 g/mol. The Morgan fingerprint density at radius 1 is 1.36 bits per heavy atom. The van der Waals surface area contributed by atoms with Crippen molar-refractivity contribution >= 4 is 5.78 Å². The molecule has 0 amide bonds. The molecule has 2 aliphatic carbocycles. The third-order valence-electron chi connectivity index (χ3n) is 4.16. The average molecular weight is 192 g/mol. The number of ketones is 1. The van der Waals surface area contributed by atoms with Gasteiger partial charge >= 0.3 is 0 Å². The van der Waals surface area contributed by atoms with Gasteiger partial charge in [0.2, 0.25) is 0 Å². The van der Waals surface area contributed by atoms with Crippen LogP contribution in [0.4, 0.5) is 0 Å². The maximum Gasteiger partial charge on any atom is 0.139 e. The molecule has 3 unspecified atom stereocenters. The quantitative estimate of drug-likeness (QED) is 0.582. The van der Waals surface area contributed by atoms with Crippen molar-refractivity contribution in [2.75, 3.05) is 0 Å². The lowest BCUT2D eigenvalue weighted by Crippen LogP contribution is -2.31. The summed E-state index contributed by atoms with van der Waals surface area (Å²) in [6.45, 7) is 4.43. The highest BCUT2D eigenvalue weighted by Gasteiger charge is 2.43. The number of carbonyl (C=O) groups excluding carboxylic acids is 1. The zero-order valence-electron chi connectivity index (χ0n) is 9.25. The second-order valence-corrected chi connectivity index (χ2v) is 5.24. The van der Waals surface area contributed by atoms with E-state index in [-0.39, 0.29) is 5.41 Å². The molecule has 2 rings (SSSR count). The fourth-order valence-corrected chi connectivity index (χ4v) is 2.92. The van der Waals surface area contributed by atoms with E-state index in [0.29, 0.717) is 17.6 Å². The fraction of sp³-hybridized carbons (Fsp3) is 0.769. The average Bonchev–Trinajstić information content (AvgIpc) is 2.49. The first-order valence-electron chi connectivity index (χ1n) is 5.84. The molecular formula is C13H20O. The van der Waals surface area contributed by atoms with Gasteiger partial charge in [0, 0.05) is 11.8 Å². The van der Waals surface area contributed by atoms with Crippen LogP contribution in [-0.4, -0.2) is 5.78 Å². The maximum absolute atomic E-state index is 11.8. The van der Waals surface area contributed by atoms with Crippen molar-refractivity contribution in [2.24, 2.45) is 17.3 Å². The topological polar surface area (TPSA) is 17.1 Å². The van der Waals surface area contributed by atoms with Crippen LogP contribution >= 0.6 is 0 Å². The van der Waals surface area contributed by atoms with E-state index in [2.05, 4.69) is 26.0 Å². The standard InChI is InChI=1S/C13H20O/c1-10-5-7-11(8-6-10)13(2)9-3-4-12(13)14/h5,7,10-11H,3-4,6,8-9H2,1-2H3. The fourth-order valence-electron chi connectivity index (χ4n) is 2.92. The van der Waals surface area contributed by atoms with Crippen LogP contribution in [0.15, 0.2) is 12.2 Å². The zero-order valence-corrected chi connectivity index (χ0v) is 9.25. The molecule has 2 aliphatic rings. The molecule has 1 saturated carbocycles. The largest absolute Gasteiger partial charge is 0.299 e. The molecule has 0 aromatic rings. The molecule has 0 radical (unpaired) electrons. The summed E-state index contributed by atoms with van der Waals surface area (Å²) in [5.41, 5.74) is -0.0172. The Bertz CT molecular complexity index is 266. The molecule has 3 atom stereocenters. The number of hydrogen-bond acceptors (Lipinski definition) is 1. The number of rotatable bonds is 1. The molecule has 78 valence electrons. The number of carbonyl (C=O) groups is 1. The van der Waals surface area contributed by atoms with E-state index >= 15 is 0 Å². The van der Waals surface area contributed by atoms with Crippen molar-refractivity contribution in [1.82, 2.24) is 0 Å². The van der Waals surface area contributed by atoms with E-state index in [1.165, 1.54) is 12.8 Å². The van der Waals surface area contributed by atoms with Crippen molar-refractivity contribution in [3.63, 3.8) is 0 Å². The Balaban J connectivity index is 2.14. The van der Waals surface area contributed by atoms with Gasteiger partial charge in [-0.05, 0) is 37.5 Å². The molecule has 0 saturated heterocycles. The van der Waals surface area contributed by atoms with Crippen LogP contribution in [0, 0.1) is 17.3 Å². The molecule has 0 bridgehead atoms. The minimum Gasteiger partial charge on any atom is -0.299 e. The highest BCUT2D eigenvalue weighted by molar-refractivity contribution is 5.86. The molecule has 0 aromatic heterocycles. The predicted molar refractivity (Wildman–Crippen MR) is 58.0 cm³/mol. The van der Waals surface area contributed by atoms with Gasteiger partial charge in [0.25, 0.3) is 0 Å². The smallest absolute Gasteiger partial charge is 0.139 e. The number of allylic oxidation sites excluding steroid dienone is 2. The molecule has 0 N–H and O–H groups in total. The molecule has 14 heavy (non-hydrogen) atoms. The van der Waals surface area contributed by atoms with Crippen LogP contribution in [-0.2, 0) is 4.79 Å².